The van der Waals surface area contributed by atoms with Gasteiger partial charge in [0.2, 0.25) is 5.91 Å². The zero-order valence-electron chi connectivity index (χ0n) is 17.4. The van der Waals surface area contributed by atoms with Crippen LogP contribution in [0.3, 0.4) is 0 Å². The SMILES string of the molecule is CCc1ccc(C(CC(=O)O)N(C(=O)Oc2ccccc2)C(=O)[C@@H](N)C(C)C)cc1. The zero-order valence-corrected chi connectivity index (χ0v) is 17.4. The average Bonchev–Trinajstić information content (AvgIpc) is 2.73. The maximum atomic E-state index is 13.1. The van der Waals surface area contributed by atoms with E-state index in [0.29, 0.717) is 5.56 Å². The number of hydrogen-bond acceptors (Lipinski definition) is 5. The van der Waals surface area contributed by atoms with Crippen molar-refractivity contribution in [3.63, 3.8) is 0 Å². The Balaban J connectivity index is 2.48. The number of nitrogens with zero attached hydrogens (tertiary/aromatic N) is 1. The summed E-state index contributed by atoms with van der Waals surface area (Å²) >= 11 is 0. The fourth-order valence-electron chi connectivity index (χ4n) is 2.95. The summed E-state index contributed by atoms with van der Waals surface area (Å²) in [7, 11) is 0. The summed E-state index contributed by atoms with van der Waals surface area (Å²) in [5.41, 5.74) is 7.61. The molecule has 0 aliphatic carbocycles. The molecular weight excluding hydrogens is 384 g/mol. The lowest BCUT2D eigenvalue weighted by Crippen LogP contribution is -2.51. The highest BCUT2D eigenvalue weighted by atomic mass is 16.6. The molecule has 0 saturated carbocycles. The molecule has 1 unspecified atom stereocenters. The standard InChI is InChI=1S/C23H28N2O5/c1-4-16-10-12-17(13-11-16)19(14-20(26)27)25(22(28)21(24)15(2)3)23(29)30-18-8-6-5-7-9-18/h5-13,15,19,21H,4,14,24H2,1-3H3,(H,26,27)/t19?,21-/m0/s1. The number of ether oxygens (including phenoxy) is 1. The highest BCUT2D eigenvalue weighted by Crippen LogP contribution is 2.28. The zero-order chi connectivity index (χ0) is 22.3. The first-order valence-electron chi connectivity index (χ1n) is 9.90. The molecule has 2 aromatic rings. The Morgan fingerprint density at radius 3 is 2.13 bits per heavy atom. The van der Waals surface area contributed by atoms with Crippen LogP contribution in [0.25, 0.3) is 0 Å². The van der Waals surface area contributed by atoms with Gasteiger partial charge < -0.3 is 15.6 Å². The van der Waals surface area contributed by atoms with E-state index < -0.39 is 36.5 Å². The van der Waals surface area contributed by atoms with Gasteiger partial charge in [-0.3, -0.25) is 9.59 Å². The molecule has 0 saturated heterocycles. The quantitative estimate of drug-likeness (QED) is 0.683. The number of amides is 2. The number of carboxylic acid groups (broad SMARTS) is 1. The van der Waals surface area contributed by atoms with Crippen LogP contribution in [0.1, 0.15) is 44.4 Å². The summed E-state index contributed by atoms with van der Waals surface area (Å²) in [5, 5.41) is 9.47. The van der Waals surface area contributed by atoms with Crippen LogP contribution in [-0.4, -0.2) is 34.0 Å². The number of rotatable bonds is 8. The molecule has 160 valence electrons. The molecule has 0 aliphatic rings. The fourth-order valence-corrected chi connectivity index (χ4v) is 2.95. The van der Waals surface area contributed by atoms with Crippen molar-refractivity contribution in [1.29, 1.82) is 0 Å². The molecule has 2 rings (SSSR count). The van der Waals surface area contributed by atoms with E-state index >= 15 is 0 Å². The molecule has 0 spiro atoms. The normalized spacial score (nSPS) is 12.8. The third-order valence-electron chi connectivity index (χ3n) is 4.84. The van der Waals surface area contributed by atoms with Gasteiger partial charge in [0.25, 0.3) is 0 Å². The lowest BCUT2D eigenvalue weighted by atomic mass is 9.97. The minimum atomic E-state index is -1.15. The van der Waals surface area contributed by atoms with Gasteiger partial charge in [-0.15, -0.1) is 0 Å². The highest BCUT2D eigenvalue weighted by Gasteiger charge is 2.37. The van der Waals surface area contributed by atoms with Crippen LogP contribution >= 0.6 is 0 Å². The number of hydrogen-bond donors (Lipinski definition) is 2. The lowest BCUT2D eigenvalue weighted by molar-refractivity contribution is -0.140. The number of imide groups is 1. The molecule has 0 fully saturated rings. The van der Waals surface area contributed by atoms with Crippen molar-refractivity contribution in [2.24, 2.45) is 11.7 Å². The van der Waals surface area contributed by atoms with E-state index in [1.165, 1.54) is 0 Å². The minimum Gasteiger partial charge on any atom is -0.481 e. The van der Waals surface area contributed by atoms with E-state index in [4.69, 9.17) is 10.5 Å². The summed E-state index contributed by atoms with van der Waals surface area (Å²) < 4.78 is 5.37. The average molecular weight is 412 g/mol. The Bertz CT molecular complexity index is 865. The summed E-state index contributed by atoms with van der Waals surface area (Å²) in [6.45, 7) is 5.51. The Morgan fingerprint density at radius 1 is 1.03 bits per heavy atom. The number of carbonyl (C=O) groups is 3. The predicted octanol–water partition coefficient (Wildman–Crippen LogP) is 3.78. The molecule has 3 N–H and O–H groups in total. The molecule has 0 heterocycles. The van der Waals surface area contributed by atoms with Gasteiger partial charge in [-0.2, -0.15) is 0 Å². The summed E-state index contributed by atoms with van der Waals surface area (Å²) in [6, 6.07) is 13.4. The number of benzene rings is 2. The number of nitrogens with two attached hydrogens (primary N) is 1. The molecule has 0 radical (unpaired) electrons. The van der Waals surface area contributed by atoms with Gasteiger partial charge in [-0.25, -0.2) is 9.69 Å². The monoisotopic (exact) mass is 412 g/mol. The van der Waals surface area contributed by atoms with Crippen molar-refractivity contribution >= 4 is 18.0 Å². The molecule has 30 heavy (non-hydrogen) atoms. The first kappa shape index (κ1) is 23.1. The Labute approximate surface area is 176 Å². The van der Waals surface area contributed by atoms with Crippen molar-refractivity contribution < 1.29 is 24.2 Å². The third-order valence-corrected chi connectivity index (χ3v) is 4.84. The van der Waals surface area contributed by atoms with Crippen molar-refractivity contribution in [2.45, 2.75) is 45.7 Å². The van der Waals surface area contributed by atoms with Gasteiger partial charge in [0.15, 0.2) is 0 Å². The maximum Gasteiger partial charge on any atom is 0.422 e. The molecule has 0 aliphatic heterocycles. The number of carbonyl (C=O) groups excluding carboxylic acids is 2. The number of para-hydroxylation sites is 1. The molecule has 2 aromatic carbocycles. The van der Waals surface area contributed by atoms with Crippen LogP contribution in [0.4, 0.5) is 4.79 Å². The molecular formula is C23H28N2O5. The van der Waals surface area contributed by atoms with Gasteiger partial charge in [0.05, 0.1) is 18.5 Å². The fraction of sp³-hybridized carbons (Fsp3) is 0.348. The van der Waals surface area contributed by atoms with Crippen LogP contribution in [-0.2, 0) is 16.0 Å². The van der Waals surface area contributed by atoms with Crippen LogP contribution in [0, 0.1) is 5.92 Å². The Kier molecular flexibility index (Phi) is 8.12. The second kappa shape index (κ2) is 10.5. The third kappa shape index (κ3) is 5.90. The van der Waals surface area contributed by atoms with E-state index in [-0.39, 0.29) is 11.7 Å². The van der Waals surface area contributed by atoms with Crippen molar-refractivity contribution in [2.75, 3.05) is 0 Å². The number of aliphatic carboxylic acids is 1. The van der Waals surface area contributed by atoms with Crippen molar-refractivity contribution in [1.82, 2.24) is 4.90 Å². The molecule has 7 heteroatoms. The van der Waals surface area contributed by atoms with Gasteiger partial charge >= 0.3 is 12.1 Å². The number of carboxylic acids is 1. The first-order valence-corrected chi connectivity index (χ1v) is 9.90. The largest absolute Gasteiger partial charge is 0.481 e. The van der Waals surface area contributed by atoms with Crippen molar-refractivity contribution in [3.05, 3.63) is 65.7 Å². The first-order chi connectivity index (χ1) is 14.2. The van der Waals surface area contributed by atoms with Crippen LogP contribution < -0.4 is 10.5 Å². The van der Waals surface area contributed by atoms with E-state index in [2.05, 4.69) is 0 Å². The van der Waals surface area contributed by atoms with Crippen LogP contribution in [0.5, 0.6) is 5.75 Å². The summed E-state index contributed by atoms with van der Waals surface area (Å²) in [6.07, 6.45) is -0.625. The van der Waals surface area contributed by atoms with E-state index in [9.17, 15) is 19.5 Å². The topological polar surface area (TPSA) is 110 Å². The minimum absolute atomic E-state index is 0.244. The molecule has 2 amide bonds. The second-order valence-electron chi connectivity index (χ2n) is 7.37. The predicted molar refractivity (Wildman–Crippen MR) is 113 cm³/mol. The van der Waals surface area contributed by atoms with E-state index in [0.717, 1.165) is 16.9 Å². The van der Waals surface area contributed by atoms with Gasteiger partial charge in [0, 0.05) is 0 Å². The Morgan fingerprint density at radius 2 is 1.63 bits per heavy atom. The molecule has 0 bridgehead atoms. The van der Waals surface area contributed by atoms with E-state index in [1.807, 2.05) is 19.1 Å². The highest BCUT2D eigenvalue weighted by molar-refractivity contribution is 5.96. The number of aryl methyl sites for hydroxylation is 1. The molecule has 2 atom stereocenters. The van der Waals surface area contributed by atoms with Crippen molar-refractivity contribution in [3.8, 4) is 5.75 Å². The summed E-state index contributed by atoms with van der Waals surface area (Å²) in [4.78, 5) is 38.6. The van der Waals surface area contributed by atoms with Gasteiger partial charge in [-0.05, 0) is 35.6 Å². The van der Waals surface area contributed by atoms with E-state index in [1.54, 1.807) is 56.3 Å². The second-order valence-corrected chi connectivity index (χ2v) is 7.37. The molecule has 7 nitrogen and oxygen atoms in total. The smallest absolute Gasteiger partial charge is 0.422 e. The van der Waals surface area contributed by atoms with Crippen LogP contribution in [0.15, 0.2) is 54.6 Å². The maximum absolute atomic E-state index is 13.1. The molecule has 0 aromatic heterocycles. The Hall–Kier alpha value is -3.19. The summed E-state index contributed by atoms with van der Waals surface area (Å²) in [5.74, 6) is -1.84. The van der Waals surface area contributed by atoms with Gasteiger partial charge in [0.1, 0.15) is 5.75 Å². The lowest BCUT2D eigenvalue weighted by Gasteiger charge is -2.31. The van der Waals surface area contributed by atoms with Crippen LogP contribution in [0.2, 0.25) is 0 Å². The van der Waals surface area contributed by atoms with Gasteiger partial charge in [-0.1, -0.05) is 63.2 Å².